The summed E-state index contributed by atoms with van der Waals surface area (Å²) >= 11 is 6.02. The molecule has 0 bridgehead atoms. The predicted octanol–water partition coefficient (Wildman–Crippen LogP) is 4.65. The molecule has 0 spiro atoms. The first-order valence-corrected chi connectivity index (χ1v) is 8.27. The molecule has 1 aromatic rings. The molecule has 0 aromatic heterocycles. The van der Waals surface area contributed by atoms with Crippen molar-refractivity contribution in [2.45, 2.75) is 51.5 Å². The maximum atomic E-state index is 12.3. The molecule has 0 saturated heterocycles. The molecular formula is C17H24ClNO2. The second-order valence-electron chi connectivity index (χ2n) is 5.64. The highest BCUT2D eigenvalue weighted by molar-refractivity contribution is 6.30. The number of benzene rings is 1. The van der Waals surface area contributed by atoms with Crippen molar-refractivity contribution in [3.63, 3.8) is 0 Å². The van der Waals surface area contributed by atoms with Gasteiger partial charge in [-0.05, 0) is 43.9 Å². The number of hydrogen-bond donors (Lipinski definition) is 1. The van der Waals surface area contributed by atoms with Gasteiger partial charge < -0.3 is 10.1 Å². The lowest BCUT2D eigenvalue weighted by atomic mass is 9.91. The average Bonchev–Trinajstić information content (AvgIpc) is 2.74. The van der Waals surface area contributed by atoms with Crippen LogP contribution in [-0.4, -0.2) is 18.6 Å². The van der Waals surface area contributed by atoms with Crippen molar-refractivity contribution in [2.75, 3.05) is 11.9 Å². The van der Waals surface area contributed by atoms with Crippen LogP contribution < -0.4 is 5.32 Å². The summed E-state index contributed by atoms with van der Waals surface area (Å²) in [6, 6.07) is 7.23. The Labute approximate surface area is 132 Å². The Morgan fingerprint density at radius 2 is 2.05 bits per heavy atom. The van der Waals surface area contributed by atoms with Crippen LogP contribution >= 0.6 is 11.6 Å². The van der Waals surface area contributed by atoms with Crippen LogP contribution in [-0.2, 0) is 9.53 Å². The number of nitrogens with one attached hydrogen (secondary N) is 1. The van der Waals surface area contributed by atoms with Gasteiger partial charge in [-0.3, -0.25) is 0 Å². The molecule has 3 nitrogen and oxygen atoms in total. The standard InChI is InChI=1S/C17H24ClNO2/c1-2-21-17(20)16(13-8-5-3-4-6-9-13)19-15-11-7-10-14(18)12-15/h7,10-13,16,19H,2-6,8-9H2,1H3. The normalized spacial score (nSPS) is 17.8. The predicted molar refractivity (Wildman–Crippen MR) is 86.7 cm³/mol. The fraction of sp³-hybridized carbons (Fsp3) is 0.588. The van der Waals surface area contributed by atoms with E-state index in [1.807, 2.05) is 31.2 Å². The summed E-state index contributed by atoms with van der Waals surface area (Å²) in [4.78, 5) is 12.3. The van der Waals surface area contributed by atoms with Gasteiger partial charge >= 0.3 is 5.97 Å². The van der Waals surface area contributed by atoms with Gasteiger partial charge in [0.05, 0.1) is 6.61 Å². The van der Waals surface area contributed by atoms with E-state index in [0.29, 0.717) is 17.5 Å². The molecular weight excluding hydrogens is 286 g/mol. The molecule has 21 heavy (non-hydrogen) atoms. The Balaban J connectivity index is 2.12. The average molecular weight is 310 g/mol. The Hall–Kier alpha value is -1.22. The zero-order valence-electron chi connectivity index (χ0n) is 12.6. The highest BCUT2D eigenvalue weighted by atomic mass is 35.5. The molecule has 1 unspecified atom stereocenters. The Bertz CT molecular complexity index is 456. The van der Waals surface area contributed by atoms with Gasteiger partial charge in [0.2, 0.25) is 0 Å². The fourth-order valence-electron chi connectivity index (χ4n) is 3.00. The lowest BCUT2D eigenvalue weighted by Crippen LogP contribution is -2.38. The number of halogens is 1. The first-order chi connectivity index (χ1) is 10.2. The van der Waals surface area contributed by atoms with E-state index in [2.05, 4.69) is 5.32 Å². The van der Waals surface area contributed by atoms with Crippen LogP contribution in [0.15, 0.2) is 24.3 Å². The van der Waals surface area contributed by atoms with Crippen LogP contribution in [0.25, 0.3) is 0 Å². The van der Waals surface area contributed by atoms with E-state index in [4.69, 9.17) is 16.3 Å². The summed E-state index contributed by atoms with van der Waals surface area (Å²) in [6.07, 6.45) is 7.08. The van der Waals surface area contributed by atoms with Crippen LogP contribution in [0.5, 0.6) is 0 Å². The molecule has 1 N–H and O–H groups in total. The zero-order valence-corrected chi connectivity index (χ0v) is 13.4. The third-order valence-corrected chi connectivity index (χ3v) is 4.29. The van der Waals surface area contributed by atoms with Crippen LogP contribution in [0.1, 0.15) is 45.4 Å². The smallest absolute Gasteiger partial charge is 0.328 e. The van der Waals surface area contributed by atoms with Crippen molar-refractivity contribution < 1.29 is 9.53 Å². The molecule has 1 atom stereocenters. The number of carbonyl (C=O) groups is 1. The maximum Gasteiger partial charge on any atom is 0.328 e. The molecule has 0 amide bonds. The van der Waals surface area contributed by atoms with E-state index in [0.717, 1.165) is 18.5 Å². The third kappa shape index (κ3) is 4.92. The largest absolute Gasteiger partial charge is 0.464 e. The minimum atomic E-state index is -0.276. The number of rotatable bonds is 5. The summed E-state index contributed by atoms with van der Waals surface area (Å²) in [7, 11) is 0. The van der Waals surface area contributed by atoms with Gasteiger partial charge in [0.1, 0.15) is 6.04 Å². The van der Waals surface area contributed by atoms with Crippen LogP contribution in [0.2, 0.25) is 5.02 Å². The van der Waals surface area contributed by atoms with E-state index in [1.165, 1.54) is 25.7 Å². The Morgan fingerprint density at radius 3 is 2.67 bits per heavy atom. The highest BCUT2D eigenvalue weighted by Gasteiger charge is 2.30. The SMILES string of the molecule is CCOC(=O)C(Nc1cccc(Cl)c1)C1CCCCCC1. The van der Waals surface area contributed by atoms with Crippen molar-refractivity contribution in [1.82, 2.24) is 0 Å². The van der Waals surface area contributed by atoms with Crippen molar-refractivity contribution >= 4 is 23.3 Å². The number of hydrogen-bond acceptors (Lipinski definition) is 3. The minimum absolute atomic E-state index is 0.149. The molecule has 0 radical (unpaired) electrons. The first-order valence-electron chi connectivity index (χ1n) is 7.89. The Kier molecular flexibility index (Phi) is 6.37. The van der Waals surface area contributed by atoms with Crippen LogP contribution in [0.4, 0.5) is 5.69 Å². The van der Waals surface area contributed by atoms with E-state index in [1.54, 1.807) is 0 Å². The summed E-state index contributed by atoms with van der Waals surface area (Å²) in [5.74, 6) is 0.190. The zero-order chi connectivity index (χ0) is 15.1. The monoisotopic (exact) mass is 309 g/mol. The first kappa shape index (κ1) is 16.2. The van der Waals surface area contributed by atoms with E-state index in [-0.39, 0.29) is 12.0 Å². The summed E-state index contributed by atoms with van der Waals surface area (Å²) in [5, 5.41) is 4.01. The minimum Gasteiger partial charge on any atom is -0.464 e. The van der Waals surface area contributed by atoms with Gasteiger partial charge in [-0.2, -0.15) is 0 Å². The number of anilines is 1. The van der Waals surface area contributed by atoms with Crippen LogP contribution in [0, 0.1) is 5.92 Å². The molecule has 2 rings (SSSR count). The second kappa shape index (κ2) is 8.28. The number of carbonyl (C=O) groups excluding carboxylic acids is 1. The summed E-state index contributed by atoms with van der Waals surface area (Å²) in [5.41, 5.74) is 0.879. The molecule has 1 aliphatic rings. The van der Waals surface area contributed by atoms with E-state index >= 15 is 0 Å². The van der Waals surface area contributed by atoms with Gasteiger partial charge in [0.15, 0.2) is 0 Å². The lowest BCUT2D eigenvalue weighted by Gasteiger charge is -2.26. The lowest BCUT2D eigenvalue weighted by molar-refractivity contribution is -0.145. The van der Waals surface area contributed by atoms with Crippen molar-refractivity contribution in [3.05, 3.63) is 29.3 Å². The van der Waals surface area contributed by atoms with E-state index in [9.17, 15) is 4.79 Å². The van der Waals surface area contributed by atoms with Crippen molar-refractivity contribution in [2.24, 2.45) is 5.92 Å². The van der Waals surface area contributed by atoms with Gasteiger partial charge in [-0.1, -0.05) is 43.4 Å². The number of esters is 1. The Morgan fingerprint density at radius 1 is 1.33 bits per heavy atom. The highest BCUT2D eigenvalue weighted by Crippen LogP contribution is 2.28. The summed E-state index contributed by atoms with van der Waals surface area (Å²) < 4.78 is 5.27. The van der Waals surface area contributed by atoms with Crippen LogP contribution in [0.3, 0.4) is 0 Å². The third-order valence-electron chi connectivity index (χ3n) is 4.06. The molecule has 1 saturated carbocycles. The molecule has 116 valence electrons. The van der Waals surface area contributed by atoms with E-state index < -0.39 is 0 Å². The van der Waals surface area contributed by atoms with Gasteiger partial charge in [0, 0.05) is 10.7 Å². The topological polar surface area (TPSA) is 38.3 Å². The molecule has 1 aromatic carbocycles. The quantitative estimate of drug-likeness (QED) is 0.635. The van der Waals surface area contributed by atoms with Gasteiger partial charge in [-0.25, -0.2) is 4.79 Å². The van der Waals surface area contributed by atoms with Gasteiger partial charge in [-0.15, -0.1) is 0 Å². The molecule has 1 aliphatic carbocycles. The molecule has 4 heteroatoms. The van der Waals surface area contributed by atoms with Crippen molar-refractivity contribution in [3.8, 4) is 0 Å². The second-order valence-corrected chi connectivity index (χ2v) is 6.07. The summed E-state index contributed by atoms with van der Waals surface area (Å²) in [6.45, 7) is 2.26. The molecule has 0 heterocycles. The van der Waals surface area contributed by atoms with Crippen molar-refractivity contribution in [1.29, 1.82) is 0 Å². The molecule has 0 aliphatic heterocycles. The number of ether oxygens (including phenoxy) is 1. The molecule has 1 fully saturated rings. The van der Waals surface area contributed by atoms with Gasteiger partial charge in [0.25, 0.3) is 0 Å². The maximum absolute atomic E-state index is 12.3. The fourth-order valence-corrected chi connectivity index (χ4v) is 3.19.